The van der Waals surface area contributed by atoms with Crippen molar-refractivity contribution in [3.05, 3.63) is 24.3 Å². The second kappa shape index (κ2) is 31.0. The molecule has 57 heavy (non-hydrogen) atoms. The van der Waals surface area contributed by atoms with E-state index in [1.54, 1.807) is 0 Å². The Morgan fingerprint density at radius 2 is 1.47 bits per heavy atom. The lowest BCUT2D eigenvalue weighted by molar-refractivity contribution is -0.140. The summed E-state index contributed by atoms with van der Waals surface area (Å²) in [5.41, 5.74) is -0.255. The zero-order valence-corrected chi connectivity index (χ0v) is 38.2. The van der Waals surface area contributed by atoms with Crippen molar-refractivity contribution in [3.8, 4) is 0 Å². The van der Waals surface area contributed by atoms with Crippen LogP contribution in [-0.2, 0) is 24.0 Å². The van der Waals surface area contributed by atoms with Gasteiger partial charge >= 0.3 is 0 Å². The molecule has 4 aliphatic rings. The SMILES string of the molecule is C1CCCCC1.CC.CC.CC.CC(C)(C)C(C=O)NC(=O)CNC(=O)c1cnccn1.CCCC(NC(=O)C1CC2(CN1)SCCCS2)C(=O)C(=O)NC1CC1. The van der Waals surface area contributed by atoms with E-state index in [4.69, 9.17) is 0 Å². The van der Waals surface area contributed by atoms with Gasteiger partial charge in [0, 0.05) is 25.0 Å². The minimum atomic E-state index is -0.721. The molecule has 13 nitrogen and oxygen atoms in total. The lowest BCUT2D eigenvalue weighted by Crippen LogP contribution is -2.51. The molecule has 3 unspecified atom stereocenters. The number of carbonyl (C=O) groups is 6. The predicted molar refractivity (Wildman–Crippen MR) is 235 cm³/mol. The quantitative estimate of drug-likeness (QED) is 0.116. The van der Waals surface area contributed by atoms with Crippen LogP contribution in [-0.4, -0.2) is 98.5 Å². The molecule has 2 saturated heterocycles. The molecule has 15 heteroatoms. The highest BCUT2D eigenvalue weighted by atomic mass is 32.2. The first kappa shape index (κ1) is 54.0. The average Bonchev–Trinajstić information content (AvgIpc) is 3.98. The molecule has 3 heterocycles. The van der Waals surface area contributed by atoms with Crippen molar-refractivity contribution in [3.63, 3.8) is 0 Å². The largest absolute Gasteiger partial charge is 0.347 e. The van der Waals surface area contributed by atoms with Crippen LogP contribution in [0.5, 0.6) is 0 Å². The number of hydrogen-bond donors (Lipinski definition) is 5. The van der Waals surface area contributed by atoms with Crippen LogP contribution < -0.4 is 26.6 Å². The fourth-order valence-corrected chi connectivity index (χ4v) is 8.91. The summed E-state index contributed by atoms with van der Waals surface area (Å²) in [6, 6.07) is -1.47. The van der Waals surface area contributed by atoms with Crippen LogP contribution in [0.25, 0.3) is 0 Å². The Kier molecular flexibility index (Phi) is 29.3. The van der Waals surface area contributed by atoms with Gasteiger partial charge in [-0.1, -0.05) is 114 Å². The number of aldehydes is 1. The molecule has 5 rings (SSSR count). The Balaban J connectivity index is 0.000000872. The standard InChI is InChI=1S/C17H27N3O3S2.C13H18N4O3.C6H12.3C2H6/c1-2-4-12(14(21)16(23)19-11-5-6-11)20-15(22)13-9-17(10-18-13)24-7-3-8-25-17;1-13(2,3)10(8-18)17-11(19)7-16-12(20)9-6-14-4-5-15-9;1-2-4-6-5-3-1;3*1-2/h11-13,18H,2-10H2,1H3,(H,19,23)(H,20,22);4-6,8,10H,7H2,1-3H3,(H,16,20)(H,17,19);1-6H2;3*1-2H3. The minimum Gasteiger partial charge on any atom is -0.347 e. The normalized spacial score (nSPS) is 18.7. The van der Waals surface area contributed by atoms with E-state index in [1.165, 1.54) is 63.5 Å². The maximum absolute atomic E-state index is 12.6. The number of nitrogens with zero attached hydrogens (tertiary/aromatic N) is 2. The molecule has 0 bridgehead atoms. The second-order valence-corrected chi connectivity index (χ2v) is 17.7. The van der Waals surface area contributed by atoms with E-state index in [9.17, 15) is 28.8 Å². The molecular weight excluding hydrogens is 763 g/mol. The highest BCUT2D eigenvalue weighted by Gasteiger charge is 2.44. The molecule has 1 aromatic rings. The highest BCUT2D eigenvalue weighted by Crippen LogP contribution is 2.47. The number of nitrogens with one attached hydrogen (secondary N) is 5. The van der Waals surface area contributed by atoms with Gasteiger partial charge in [0.1, 0.15) is 12.0 Å². The average molecular weight is 838 g/mol. The number of aromatic nitrogens is 2. The molecule has 0 radical (unpaired) electrons. The molecule has 1 aromatic heterocycles. The third-order valence-electron chi connectivity index (χ3n) is 8.91. The lowest BCUT2D eigenvalue weighted by atomic mass is 9.88. The number of ketones is 1. The molecule has 2 aliphatic carbocycles. The topological polar surface area (TPSA) is 188 Å². The van der Waals surface area contributed by atoms with Crippen LogP contribution in [0.2, 0.25) is 0 Å². The summed E-state index contributed by atoms with van der Waals surface area (Å²) in [7, 11) is 0. The second-order valence-electron chi connectivity index (χ2n) is 14.5. The first-order valence-corrected chi connectivity index (χ1v) is 23.3. The van der Waals surface area contributed by atoms with Gasteiger partial charge in [-0.2, -0.15) is 0 Å². The Morgan fingerprint density at radius 1 is 0.895 bits per heavy atom. The summed E-state index contributed by atoms with van der Waals surface area (Å²) in [5, 5.41) is 13.8. The molecule has 1 spiro atoms. The van der Waals surface area contributed by atoms with Gasteiger partial charge in [0.15, 0.2) is 0 Å². The molecule has 0 aromatic carbocycles. The van der Waals surface area contributed by atoms with E-state index in [0.717, 1.165) is 43.7 Å². The van der Waals surface area contributed by atoms with Crippen LogP contribution >= 0.6 is 23.5 Å². The van der Waals surface area contributed by atoms with Gasteiger partial charge in [-0.15, -0.1) is 23.5 Å². The van der Waals surface area contributed by atoms with Crippen molar-refractivity contribution in [2.75, 3.05) is 24.6 Å². The van der Waals surface area contributed by atoms with Crippen LogP contribution in [0.1, 0.15) is 157 Å². The molecule has 2 aliphatic heterocycles. The van der Waals surface area contributed by atoms with Gasteiger partial charge in [-0.05, 0) is 49.0 Å². The predicted octanol–water partition coefficient (Wildman–Crippen LogP) is 6.40. The lowest BCUT2D eigenvalue weighted by Gasteiger charge is -2.31. The van der Waals surface area contributed by atoms with Crippen molar-refractivity contribution in [2.24, 2.45) is 5.41 Å². The first-order chi connectivity index (χ1) is 27.4. The zero-order valence-electron chi connectivity index (χ0n) is 36.6. The van der Waals surface area contributed by atoms with Crippen LogP contribution in [0, 0.1) is 5.41 Å². The van der Waals surface area contributed by atoms with Crippen molar-refractivity contribution in [1.29, 1.82) is 0 Å². The molecule has 2 saturated carbocycles. The van der Waals surface area contributed by atoms with E-state index in [-0.39, 0.29) is 39.7 Å². The van der Waals surface area contributed by atoms with Gasteiger partial charge < -0.3 is 31.4 Å². The number of rotatable bonds is 12. The van der Waals surface area contributed by atoms with Gasteiger partial charge in [0.05, 0.1) is 34.9 Å². The van der Waals surface area contributed by atoms with Crippen molar-refractivity contribution < 1.29 is 28.8 Å². The Bertz CT molecular complexity index is 1290. The van der Waals surface area contributed by atoms with Crippen LogP contribution in [0.4, 0.5) is 0 Å². The fraction of sp³-hybridized carbons (Fsp3) is 0.762. The molecule has 4 amide bonds. The number of hydrogen-bond acceptors (Lipinski definition) is 11. The Hall–Kier alpha value is -3.04. The molecule has 5 N–H and O–H groups in total. The van der Waals surface area contributed by atoms with Crippen molar-refractivity contribution >= 4 is 59.2 Å². The first-order valence-electron chi connectivity index (χ1n) is 21.3. The molecule has 4 fully saturated rings. The van der Waals surface area contributed by atoms with E-state index >= 15 is 0 Å². The van der Waals surface area contributed by atoms with E-state index in [1.807, 2.05) is 92.8 Å². The van der Waals surface area contributed by atoms with Crippen molar-refractivity contribution in [2.45, 2.75) is 175 Å². The van der Waals surface area contributed by atoms with E-state index in [2.05, 4.69) is 36.6 Å². The summed E-state index contributed by atoms with van der Waals surface area (Å²) in [6.07, 6.45) is 18.9. The highest BCUT2D eigenvalue weighted by molar-refractivity contribution is 8.18. The summed E-state index contributed by atoms with van der Waals surface area (Å²) >= 11 is 3.88. The minimum absolute atomic E-state index is 0.0911. The van der Waals surface area contributed by atoms with E-state index < -0.39 is 35.6 Å². The Morgan fingerprint density at radius 3 is 1.95 bits per heavy atom. The summed E-state index contributed by atoms with van der Waals surface area (Å²) in [4.78, 5) is 78.9. The van der Waals surface area contributed by atoms with Gasteiger partial charge in [0.2, 0.25) is 17.6 Å². The van der Waals surface area contributed by atoms with Crippen LogP contribution in [0.15, 0.2) is 18.6 Å². The molecular formula is C42H75N7O6S2. The Labute approximate surface area is 352 Å². The number of thioether (sulfide) groups is 2. The summed E-state index contributed by atoms with van der Waals surface area (Å²) in [5.74, 6) is 0.116. The third kappa shape index (κ3) is 22.1. The maximum atomic E-state index is 12.6. The maximum Gasteiger partial charge on any atom is 0.289 e. The molecule has 326 valence electrons. The smallest absolute Gasteiger partial charge is 0.289 e. The molecule has 3 atom stereocenters. The third-order valence-corrected chi connectivity index (χ3v) is 12.3. The van der Waals surface area contributed by atoms with Gasteiger partial charge in [0.25, 0.3) is 11.8 Å². The zero-order chi connectivity index (χ0) is 43.3. The number of carbonyl (C=O) groups excluding carboxylic acids is 6. The van der Waals surface area contributed by atoms with Crippen LogP contribution in [0.3, 0.4) is 0 Å². The van der Waals surface area contributed by atoms with E-state index in [0.29, 0.717) is 12.7 Å². The monoisotopic (exact) mass is 838 g/mol. The summed E-state index contributed by atoms with van der Waals surface area (Å²) in [6.45, 7) is 20.0. The van der Waals surface area contributed by atoms with Crippen molar-refractivity contribution in [1.82, 2.24) is 36.6 Å². The van der Waals surface area contributed by atoms with Gasteiger partial charge in [-0.25, -0.2) is 4.98 Å². The summed E-state index contributed by atoms with van der Waals surface area (Å²) < 4.78 is 0.0911. The fourth-order valence-electron chi connectivity index (χ4n) is 5.64. The number of amides is 4. The number of Topliss-reactive ketones (excluding diaryl/α,β-unsaturated/α-hetero) is 1. The van der Waals surface area contributed by atoms with Gasteiger partial charge in [-0.3, -0.25) is 29.0 Å².